The zero-order valence-corrected chi connectivity index (χ0v) is 12.7. The van der Waals surface area contributed by atoms with Crippen LogP contribution in [0.15, 0.2) is 33.2 Å². The molecule has 0 saturated heterocycles. The van der Waals surface area contributed by atoms with Gasteiger partial charge in [-0.1, -0.05) is 11.6 Å². The molecular weight excluding hydrogens is 351 g/mol. The van der Waals surface area contributed by atoms with E-state index in [1.807, 2.05) is 0 Å². The Morgan fingerprint density at radius 1 is 1.50 bits per heavy atom. The number of benzene rings is 1. The van der Waals surface area contributed by atoms with E-state index in [1.54, 1.807) is 12.1 Å². The van der Waals surface area contributed by atoms with Crippen LogP contribution in [0.1, 0.15) is 5.76 Å². The van der Waals surface area contributed by atoms with Crippen LogP contribution in [-0.4, -0.2) is 12.0 Å². The van der Waals surface area contributed by atoms with Gasteiger partial charge in [-0.15, -0.1) is 0 Å². The summed E-state index contributed by atoms with van der Waals surface area (Å²) < 4.78 is 11.0. The Kier molecular flexibility index (Phi) is 4.51. The molecule has 0 aliphatic rings. The van der Waals surface area contributed by atoms with E-state index in [9.17, 15) is 10.1 Å². The molecule has 1 aromatic heterocycles. The average molecular weight is 362 g/mol. The summed E-state index contributed by atoms with van der Waals surface area (Å²) in [5, 5.41) is 14.1. The highest BCUT2D eigenvalue weighted by atomic mass is 79.9. The highest BCUT2D eigenvalue weighted by Gasteiger charge is 2.13. The van der Waals surface area contributed by atoms with E-state index in [0.717, 1.165) is 0 Å². The summed E-state index contributed by atoms with van der Waals surface area (Å²) in [5.41, 5.74) is 0.658. The summed E-state index contributed by atoms with van der Waals surface area (Å²) in [6.45, 7) is 0.275. The van der Waals surface area contributed by atoms with Crippen molar-refractivity contribution >= 4 is 39.1 Å². The van der Waals surface area contributed by atoms with Gasteiger partial charge in [0.15, 0.2) is 5.75 Å². The lowest BCUT2D eigenvalue weighted by Gasteiger charge is -2.12. The topological polar surface area (TPSA) is 77.5 Å². The summed E-state index contributed by atoms with van der Waals surface area (Å²) >= 11 is 9.31. The van der Waals surface area contributed by atoms with E-state index < -0.39 is 4.92 Å². The standard InChI is InChI=1S/C12H10BrClN2O4/c1-19-12-9(13)4-7(14)5-10(12)15-6-8-2-3-11(20-8)16(17)18/h2-5,15H,6H2,1H3. The molecule has 0 bridgehead atoms. The summed E-state index contributed by atoms with van der Waals surface area (Å²) in [7, 11) is 1.54. The molecule has 8 heteroatoms. The molecule has 2 rings (SSSR count). The fourth-order valence-corrected chi connectivity index (χ4v) is 2.61. The Morgan fingerprint density at radius 3 is 2.85 bits per heavy atom. The lowest BCUT2D eigenvalue weighted by atomic mass is 10.3. The van der Waals surface area contributed by atoms with E-state index >= 15 is 0 Å². The van der Waals surface area contributed by atoms with Gasteiger partial charge < -0.3 is 14.5 Å². The molecule has 0 saturated carbocycles. The van der Waals surface area contributed by atoms with E-state index in [2.05, 4.69) is 21.2 Å². The van der Waals surface area contributed by atoms with Gasteiger partial charge in [0.2, 0.25) is 0 Å². The van der Waals surface area contributed by atoms with Crippen molar-refractivity contribution in [1.29, 1.82) is 0 Å². The van der Waals surface area contributed by atoms with Gasteiger partial charge >= 0.3 is 5.88 Å². The largest absolute Gasteiger partial charge is 0.493 e. The van der Waals surface area contributed by atoms with E-state index in [4.69, 9.17) is 20.8 Å². The maximum absolute atomic E-state index is 10.5. The van der Waals surface area contributed by atoms with Crippen molar-refractivity contribution in [2.75, 3.05) is 12.4 Å². The van der Waals surface area contributed by atoms with Crippen LogP contribution < -0.4 is 10.1 Å². The van der Waals surface area contributed by atoms with Crippen LogP contribution >= 0.6 is 27.5 Å². The molecule has 2 aromatic rings. The molecule has 1 N–H and O–H groups in total. The number of nitrogens with zero attached hydrogens (tertiary/aromatic N) is 1. The zero-order chi connectivity index (χ0) is 14.7. The summed E-state index contributed by atoms with van der Waals surface area (Å²) in [5.74, 6) is 0.742. The molecule has 20 heavy (non-hydrogen) atoms. The number of ether oxygens (including phenoxy) is 1. The second-order valence-electron chi connectivity index (χ2n) is 3.82. The highest BCUT2D eigenvalue weighted by molar-refractivity contribution is 9.10. The van der Waals surface area contributed by atoms with Crippen LogP contribution in [0.25, 0.3) is 0 Å². The third kappa shape index (κ3) is 3.23. The number of halogens is 2. The normalized spacial score (nSPS) is 10.3. The SMILES string of the molecule is COc1c(Br)cc(Cl)cc1NCc1ccc([N+](=O)[O-])o1. The molecular formula is C12H10BrClN2O4. The molecule has 0 unspecified atom stereocenters. The Bertz CT molecular complexity index is 644. The van der Waals surface area contributed by atoms with Crippen molar-refractivity contribution in [2.45, 2.75) is 6.54 Å². The minimum atomic E-state index is -0.583. The maximum atomic E-state index is 10.5. The van der Waals surface area contributed by atoms with E-state index in [1.165, 1.54) is 19.2 Å². The van der Waals surface area contributed by atoms with Crippen molar-refractivity contribution in [3.63, 3.8) is 0 Å². The van der Waals surface area contributed by atoms with Crippen LogP contribution in [0.5, 0.6) is 5.75 Å². The monoisotopic (exact) mass is 360 g/mol. The third-order valence-electron chi connectivity index (χ3n) is 2.49. The predicted octanol–water partition coefficient (Wildman–Crippen LogP) is 4.22. The minimum Gasteiger partial charge on any atom is -0.493 e. The Labute approximate surface area is 127 Å². The molecule has 0 atom stereocenters. The predicted molar refractivity (Wildman–Crippen MR) is 78.4 cm³/mol. The number of furan rings is 1. The maximum Gasteiger partial charge on any atom is 0.433 e. The average Bonchev–Trinajstić information content (AvgIpc) is 2.84. The molecule has 0 spiro atoms. The fraction of sp³-hybridized carbons (Fsp3) is 0.167. The first-order valence-electron chi connectivity index (χ1n) is 5.51. The van der Waals surface area contributed by atoms with Gasteiger partial charge in [-0.25, -0.2) is 0 Å². The quantitative estimate of drug-likeness (QED) is 0.637. The summed E-state index contributed by atoms with van der Waals surface area (Å²) in [6.07, 6.45) is 0. The van der Waals surface area contributed by atoms with Crippen LogP contribution in [0, 0.1) is 10.1 Å². The molecule has 0 fully saturated rings. The fourth-order valence-electron chi connectivity index (χ4n) is 1.64. The number of methoxy groups -OCH3 is 1. The van der Waals surface area contributed by atoms with Crippen LogP contribution in [0.2, 0.25) is 5.02 Å². The Hall–Kier alpha value is -1.73. The van der Waals surface area contributed by atoms with Gasteiger partial charge in [0, 0.05) is 5.02 Å². The third-order valence-corrected chi connectivity index (χ3v) is 3.30. The van der Waals surface area contributed by atoms with Crippen molar-refractivity contribution in [2.24, 2.45) is 0 Å². The van der Waals surface area contributed by atoms with Gasteiger partial charge in [-0.05, 0) is 34.1 Å². The van der Waals surface area contributed by atoms with Crippen LogP contribution in [0.3, 0.4) is 0 Å². The number of hydrogen-bond acceptors (Lipinski definition) is 5. The van der Waals surface area contributed by atoms with E-state index in [0.29, 0.717) is 26.7 Å². The second kappa shape index (κ2) is 6.15. The van der Waals surface area contributed by atoms with Crippen molar-refractivity contribution in [1.82, 2.24) is 0 Å². The Balaban J connectivity index is 2.15. The first-order valence-corrected chi connectivity index (χ1v) is 6.68. The first-order chi connectivity index (χ1) is 9.51. The second-order valence-corrected chi connectivity index (χ2v) is 5.11. The minimum absolute atomic E-state index is 0.275. The Morgan fingerprint density at radius 2 is 2.25 bits per heavy atom. The molecule has 1 heterocycles. The zero-order valence-electron chi connectivity index (χ0n) is 10.4. The summed E-state index contributed by atoms with van der Waals surface area (Å²) in [6, 6.07) is 6.26. The van der Waals surface area contributed by atoms with Gasteiger partial charge in [0.25, 0.3) is 0 Å². The number of hydrogen-bond donors (Lipinski definition) is 1. The van der Waals surface area contributed by atoms with Gasteiger partial charge in [0.1, 0.15) is 10.7 Å². The number of anilines is 1. The van der Waals surface area contributed by atoms with Crippen molar-refractivity contribution in [3.05, 3.63) is 49.6 Å². The van der Waals surface area contributed by atoms with E-state index in [-0.39, 0.29) is 12.4 Å². The molecule has 1 aromatic carbocycles. The molecule has 106 valence electrons. The lowest BCUT2D eigenvalue weighted by molar-refractivity contribution is -0.402. The van der Waals surface area contributed by atoms with Gasteiger partial charge in [0.05, 0.1) is 29.9 Å². The van der Waals surface area contributed by atoms with Gasteiger partial charge in [-0.2, -0.15) is 0 Å². The van der Waals surface area contributed by atoms with Crippen LogP contribution in [-0.2, 0) is 6.54 Å². The molecule has 0 aliphatic carbocycles. The lowest BCUT2D eigenvalue weighted by Crippen LogP contribution is -2.01. The summed E-state index contributed by atoms with van der Waals surface area (Å²) in [4.78, 5) is 9.94. The van der Waals surface area contributed by atoms with Crippen molar-refractivity contribution in [3.8, 4) is 5.75 Å². The molecule has 6 nitrogen and oxygen atoms in total. The van der Waals surface area contributed by atoms with Crippen molar-refractivity contribution < 1.29 is 14.1 Å². The number of rotatable bonds is 5. The molecule has 0 amide bonds. The first kappa shape index (κ1) is 14.7. The van der Waals surface area contributed by atoms with Crippen LogP contribution in [0.4, 0.5) is 11.6 Å². The van der Waals surface area contributed by atoms with Gasteiger partial charge in [-0.3, -0.25) is 10.1 Å². The molecule has 0 aliphatic heterocycles. The highest BCUT2D eigenvalue weighted by Crippen LogP contribution is 2.36. The number of nitro groups is 1. The smallest absolute Gasteiger partial charge is 0.433 e. The molecule has 0 radical (unpaired) electrons. The number of nitrogens with one attached hydrogen (secondary N) is 1.